The summed E-state index contributed by atoms with van der Waals surface area (Å²) in [6.07, 6.45) is 10.0. The molecule has 5 fully saturated rings. The van der Waals surface area contributed by atoms with Gasteiger partial charge in [-0.25, -0.2) is 13.1 Å². The van der Waals surface area contributed by atoms with Crippen LogP contribution in [0, 0.1) is 12.3 Å². The van der Waals surface area contributed by atoms with E-state index in [-0.39, 0.29) is 18.0 Å². The van der Waals surface area contributed by atoms with Gasteiger partial charge in [0.05, 0.1) is 15.9 Å². The third kappa shape index (κ3) is 4.44. The number of piperazine rings is 1. The van der Waals surface area contributed by atoms with Crippen molar-refractivity contribution < 1.29 is 18.0 Å². The average molecular weight is 655 g/mol. The van der Waals surface area contributed by atoms with E-state index in [2.05, 4.69) is 57.3 Å². The van der Waals surface area contributed by atoms with Crippen molar-refractivity contribution in [3.05, 3.63) is 58.7 Å². The fraction of sp³-hybridized carbons (Fsp3) is 0.579. The minimum atomic E-state index is -3.77. The van der Waals surface area contributed by atoms with E-state index in [4.69, 9.17) is 0 Å². The van der Waals surface area contributed by atoms with E-state index < -0.39 is 26.1 Å². The quantitative estimate of drug-likeness (QED) is 0.361. The largest absolute Gasteiger partial charge is 0.339 e. The molecule has 2 aromatic carbocycles. The number of carbonyl (C=O) groups excluding carboxylic acids is 2. The Morgan fingerprint density at radius 1 is 0.936 bits per heavy atom. The fourth-order valence-electron chi connectivity index (χ4n) is 9.89. The molecular weight excluding hydrogens is 609 g/mol. The Hall–Kier alpha value is -3.17. The van der Waals surface area contributed by atoms with Gasteiger partial charge in [-0.2, -0.15) is 0 Å². The van der Waals surface area contributed by atoms with Crippen LogP contribution in [0.5, 0.6) is 0 Å². The van der Waals surface area contributed by atoms with Crippen LogP contribution < -0.4 is 4.72 Å². The van der Waals surface area contributed by atoms with Crippen LogP contribution >= 0.6 is 0 Å². The van der Waals surface area contributed by atoms with Gasteiger partial charge >= 0.3 is 0 Å². The Kier molecular flexibility index (Phi) is 6.48. The molecule has 4 heterocycles. The first kappa shape index (κ1) is 29.9. The van der Waals surface area contributed by atoms with Crippen molar-refractivity contribution in [3.8, 4) is 11.3 Å². The summed E-state index contributed by atoms with van der Waals surface area (Å²) in [6, 6.07) is 13.1. The summed E-state index contributed by atoms with van der Waals surface area (Å²) in [4.78, 5) is 33.2. The molecule has 248 valence electrons. The Bertz CT molecular complexity index is 1940. The van der Waals surface area contributed by atoms with E-state index in [0.29, 0.717) is 36.8 Å². The summed E-state index contributed by atoms with van der Waals surface area (Å²) in [5.41, 5.74) is 7.04. The minimum Gasteiger partial charge on any atom is -0.339 e. The summed E-state index contributed by atoms with van der Waals surface area (Å²) in [5.74, 6) is 0.292. The molecule has 0 radical (unpaired) electrons. The molecule has 0 spiro atoms. The maximum Gasteiger partial charge on any atom is 0.264 e. The van der Waals surface area contributed by atoms with Crippen LogP contribution in [0.25, 0.3) is 22.2 Å². The van der Waals surface area contributed by atoms with Crippen LogP contribution in [-0.4, -0.2) is 71.6 Å². The van der Waals surface area contributed by atoms with Crippen molar-refractivity contribution in [2.24, 2.45) is 5.41 Å². The predicted molar refractivity (Wildman–Crippen MR) is 183 cm³/mol. The van der Waals surface area contributed by atoms with Crippen LogP contribution in [0.2, 0.25) is 0 Å². The summed E-state index contributed by atoms with van der Waals surface area (Å²) < 4.78 is 30.0. The van der Waals surface area contributed by atoms with Crippen LogP contribution in [0.4, 0.5) is 0 Å². The first-order valence-corrected chi connectivity index (χ1v) is 19.3. The molecule has 4 atom stereocenters. The number of fused-ring (bicyclic) bond motifs is 9. The molecule has 2 bridgehead atoms. The molecule has 1 N–H and O–H groups in total. The van der Waals surface area contributed by atoms with Crippen molar-refractivity contribution >= 4 is 32.7 Å². The van der Waals surface area contributed by atoms with E-state index in [0.717, 1.165) is 56.1 Å². The second-order valence-electron chi connectivity index (χ2n) is 16.1. The highest BCUT2D eigenvalue weighted by Gasteiger charge is 2.65. The zero-order valence-corrected chi connectivity index (χ0v) is 28.7. The third-order valence-corrected chi connectivity index (χ3v) is 15.0. The number of rotatable bonds is 5. The molecule has 3 aliphatic heterocycles. The molecule has 3 aliphatic carbocycles. The van der Waals surface area contributed by atoms with Gasteiger partial charge in [-0.05, 0) is 95.0 Å². The number of amides is 2. The first-order chi connectivity index (χ1) is 22.5. The van der Waals surface area contributed by atoms with Crippen molar-refractivity contribution in [3.63, 3.8) is 0 Å². The topological polar surface area (TPSA) is 91.7 Å². The standard InChI is InChI=1S/C38H46N4O4S/c1-23-9-13-28-30(17-23)31-19-38(31,36(44)42-26-11-12-27(42)21-40(3)20-26)22-41-32-18-25(35(43)39-47(45,46)37(2)15-16-37)10-14-29(32)33(34(28)41)24-7-5-4-6-8-24/h9-10,13-14,17-18,24,26-27,31H,4-8,11-12,15-16,19-22H2,1-3H3,(H,39,43)/t26?,27?,31-,38-/m0/s1. The zero-order valence-electron chi connectivity index (χ0n) is 27.8. The van der Waals surface area contributed by atoms with Gasteiger partial charge in [0.25, 0.3) is 5.91 Å². The number of hydrogen-bond acceptors (Lipinski definition) is 5. The highest BCUT2D eigenvalue weighted by molar-refractivity contribution is 7.91. The van der Waals surface area contributed by atoms with Crippen LogP contribution in [0.3, 0.4) is 0 Å². The van der Waals surface area contributed by atoms with Gasteiger partial charge in [0.15, 0.2) is 0 Å². The van der Waals surface area contributed by atoms with E-state index in [9.17, 15) is 18.0 Å². The number of aryl methyl sites for hydroxylation is 1. The molecule has 6 aliphatic rings. The minimum absolute atomic E-state index is 0.161. The zero-order chi connectivity index (χ0) is 32.5. The van der Waals surface area contributed by atoms with Crippen LogP contribution in [0.15, 0.2) is 36.4 Å². The van der Waals surface area contributed by atoms with Crippen molar-refractivity contribution in [1.82, 2.24) is 19.1 Å². The van der Waals surface area contributed by atoms with Crippen LogP contribution in [-0.2, 0) is 21.4 Å². The van der Waals surface area contributed by atoms with E-state index >= 15 is 0 Å². The number of carbonyl (C=O) groups is 2. The van der Waals surface area contributed by atoms with E-state index in [1.165, 1.54) is 47.2 Å². The van der Waals surface area contributed by atoms with Gasteiger partial charge < -0.3 is 14.4 Å². The second kappa shape index (κ2) is 10.2. The van der Waals surface area contributed by atoms with Crippen molar-refractivity contribution in [1.29, 1.82) is 0 Å². The first-order valence-electron chi connectivity index (χ1n) is 17.8. The van der Waals surface area contributed by atoms with Gasteiger partial charge in [0.1, 0.15) is 0 Å². The SMILES string of the molecule is Cc1ccc2c(c1)[C@@H]1C[C@]1(C(=O)N1C3CCC1CN(C)C3)Cn1c-2c(C2CCCCC2)c2ccc(C(=O)NS(=O)(=O)C3(C)CC3)cc21. The number of nitrogens with zero attached hydrogens (tertiary/aromatic N) is 3. The van der Waals surface area contributed by atoms with Gasteiger partial charge in [0.2, 0.25) is 15.9 Å². The Balaban J connectivity index is 1.22. The highest BCUT2D eigenvalue weighted by atomic mass is 32.2. The van der Waals surface area contributed by atoms with Gasteiger partial charge in [0, 0.05) is 59.7 Å². The lowest BCUT2D eigenvalue weighted by Gasteiger charge is -2.41. The lowest BCUT2D eigenvalue weighted by atomic mass is 9.81. The number of likely N-dealkylation sites (N-methyl/N-ethyl adjacent to an activating group) is 1. The number of benzene rings is 2. The Morgan fingerprint density at radius 2 is 1.66 bits per heavy atom. The van der Waals surface area contributed by atoms with E-state index in [1.54, 1.807) is 13.0 Å². The molecule has 2 unspecified atom stereocenters. The average Bonchev–Trinajstić information content (AvgIpc) is 3.93. The lowest BCUT2D eigenvalue weighted by Crippen LogP contribution is -2.57. The van der Waals surface area contributed by atoms with Crippen molar-refractivity contribution in [2.75, 3.05) is 20.1 Å². The maximum atomic E-state index is 15.0. The highest BCUT2D eigenvalue weighted by Crippen LogP contribution is 2.66. The molecule has 3 saturated carbocycles. The smallest absolute Gasteiger partial charge is 0.264 e. The fourth-order valence-corrected chi connectivity index (χ4v) is 11.1. The molecule has 3 aromatic rings. The monoisotopic (exact) mass is 654 g/mol. The predicted octanol–water partition coefficient (Wildman–Crippen LogP) is 6.07. The van der Waals surface area contributed by atoms with Gasteiger partial charge in [-0.1, -0.05) is 49.1 Å². The Morgan fingerprint density at radius 3 is 2.36 bits per heavy atom. The summed E-state index contributed by atoms with van der Waals surface area (Å²) in [5, 5.41) is 1.13. The number of hydrogen-bond donors (Lipinski definition) is 1. The van der Waals surface area contributed by atoms with Crippen LogP contribution in [0.1, 0.15) is 110 Å². The number of nitrogens with one attached hydrogen (secondary N) is 1. The van der Waals surface area contributed by atoms with Gasteiger partial charge in [-0.3, -0.25) is 9.59 Å². The molecule has 2 saturated heterocycles. The maximum absolute atomic E-state index is 15.0. The second-order valence-corrected chi connectivity index (χ2v) is 18.3. The summed E-state index contributed by atoms with van der Waals surface area (Å²) >= 11 is 0. The van der Waals surface area contributed by atoms with Crippen molar-refractivity contribution in [2.45, 2.75) is 113 Å². The van der Waals surface area contributed by atoms with Gasteiger partial charge in [-0.15, -0.1) is 0 Å². The van der Waals surface area contributed by atoms with E-state index in [1.807, 2.05) is 6.07 Å². The lowest BCUT2D eigenvalue weighted by molar-refractivity contribution is -0.143. The molecule has 2 amide bonds. The number of sulfonamides is 1. The molecule has 9 heteroatoms. The third-order valence-electron chi connectivity index (χ3n) is 12.9. The normalized spacial score (nSPS) is 29.5. The number of likely N-dealkylation sites (tertiary alicyclic amines) is 1. The summed E-state index contributed by atoms with van der Waals surface area (Å²) in [6.45, 7) is 6.29. The Labute approximate surface area is 277 Å². The number of aromatic nitrogens is 1. The summed E-state index contributed by atoms with van der Waals surface area (Å²) in [7, 11) is -1.60. The molecule has 47 heavy (non-hydrogen) atoms. The molecule has 8 nitrogen and oxygen atoms in total. The molecule has 9 rings (SSSR count). The molecular formula is C38H46N4O4S. The molecule has 1 aromatic heterocycles.